The summed E-state index contributed by atoms with van der Waals surface area (Å²) in [4.78, 5) is 22.4. The molecule has 0 spiro atoms. The fraction of sp³-hybridized carbons (Fsp3) is 0.316. The molecule has 0 N–H and O–H groups in total. The Hall–Kier alpha value is -2.89. The van der Waals surface area contributed by atoms with E-state index in [0.29, 0.717) is 12.6 Å². The molecule has 1 aromatic heterocycles. The van der Waals surface area contributed by atoms with E-state index in [-0.39, 0.29) is 12.0 Å². The first-order chi connectivity index (χ1) is 12.2. The first kappa shape index (κ1) is 17.0. The van der Waals surface area contributed by atoms with Crippen LogP contribution in [0.1, 0.15) is 18.4 Å². The lowest BCUT2D eigenvalue weighted by Crippen LogP contribution is -2.43. The highest BCUT2D eigenvalue weighted by atomic mass is 16.5. The number of piperidine rings is 1. The van der Waals surface area contributed by atoms with E-state index in [4.69, 9.17) is 9.47 Å². The van der Waals surface area contributed by atoms with Crippen molar-refractivity contribution in [2.24, 2.45) is 0 Å². The number of rotatable bonds is 5. The number of carbonyl (C=O) groups is 1. The number of carbonyl (C=O) groups excluding carboxylic acids is 1. The molecule has 1 amide bonds. The summed E-state index contributed by atoms with van der Waals surface area (Å²) in [5.41, 5.74) is 0.955. The number of likely N-dealkylation sites (tertiary alicyclic amines) is 1. The predicted molar refractivity (Wildman–Crippen MR) is 94.3 cm³/mol. The predicted octanol–water partition coefficient (Wildman–Crippen LogP) is 2.57. The summed E-state index contributed by atoms with van der Waals surface area (Å²) in [6.45, 7) is 1.28. The number of ether oxygens (including phenoxy) is 2. The molecule has 2 heterocycles. The van der Waals surface area contributed by atoms with Crippen LogP contribution >= 0.6 is 0 Å². The first-order valence-corrected chi connectivity index (χ1v) is 8.29. The Labute approximate surface area is 147 Å². The van der Waals surface area contributed by atoms with Crippen LogP contribution in [0.3, 0.4) is 0 Å². The summed E-state index contributed by atoms with van der Waals surface area (Å²) in [5.74, 6) is 0.778. The zero-order valence-electron chi connectivity index (χ0n) is 14.2. The number of hydrogen-bond donors (Lipinski definition) is 0. The van der Waals surface area contributed by atoms with Crippen LogP contribution in [0.2, 0.25) is 0 Å². The van der Waals surface area contributed by atoms with E-state index in [0.717, 1.165) is 30.7 Å². The third-order valence-electron chi connectivity index (χ3n) is 4.04. The lowest BCUT2D eigenvalue weighted by Gasteiger charge is -2.31. The molecule has 3 rings (SSSR count). The Bertz CT molecular complexity index is 716. The topological polar surface area (TPSA) is 64.5 Å². The molecule has 1 aliphatic rings. The second-order valence-corrected chi connectivity index (χ2v) is 5.80. The third-order valence-corrected chi connectivity index (χ3v) is 4.04. The minimum atomic E-state index is -0.0745. The van der Waals surface area contributed by atoms with Gasteiger partial charge in [0.25, 0.3) is 0 Å². The maximum Gasteiger partial charge on any atom is 0.316 e. The van der Waals surface area contributed by atoms with Gasteiger partial charge in [0.15, 0.2) is 0 Å². The second-order valence-electron chi connectivity index (χ2n) is 5.80. The van der Waals surface area contributed by atoms with E-state index < -0.39 is 0 Å². The number of benzene rings is 1. The fourth-order valence-corrected chi connectivity index (χ4v) is 2.72. The Morgan fingerprint density at radius 1 is 1.24 bits per heavy atom. The van der Waals surface area contributed by atoms with Gasteiger partial charge in [-0.05, 0) is 42.7 Å². The molecule has 1 aromatic carbocycles. The molecule has 0 aliphatic carbocycles. The van der Waals surface area contributed by atoms with Gasteiger partial charge in [-0.25, -0.2) is 9.97 Å². The summed E-state index contributed by atoms with van der Waals surface area (Å²) in [6, 6.07) is 9.67. The van der Waals surface area contributed by atoms with Gasteiger partial charge in [-0.2, -0.15) is 0 Å². The van der Waals surface area contributed by atoms with E-state index in [1.807, 2.05) is 30.3 Å². The van der Waals surface area contributed by atoms with Gasteiger partial charge < -0.3 is 14.4 Å². The van der Waals surface area contributed by atoms with Crippen LogP contribution in [0.4, 0.5) is 0 Å². The zero-order chi connectivity index (χ0) is 17.5. The largest absolute Gasteiger partial charge is 0.497 e. The molecule has 1 saturated heterocycles. The summed E-state index contributed by atoms with van der Waals surface area (Å²) >= 11 is 0. The molecule has 1 fully saturated rings. The minimum absolute atomic E-state index is 0.0156. The average molecular weight is 339 g/mol. The van der Waals surface area contributed by atoms with Crippen LogP contribution < -0.4 is 9.47 Å². The molecule has 0 bridgehead atoms. The molecule has 6 nitrogen and oxygen atoms in total. The zero-order valence-corrected chi connectivity index (χ0v) is 14.2. The Morgan fingerprint density at radius 3 is 2.72 bits per heavy atom. The van der Waals surface area contributed by atoms with Crippen LogP contribution in [0.25, 0.3) is 6.08 Å². The van der Waals surface area contributed by atoms with E-state index in [2.05, 4.69) is 9.97 Å². The molecule has 2 aromatic rings. The average Bonchev–Trinajstić information content (AvgIpc) is 2.67. The minimum Gasteiger partial charge on any atom is -0.497 e. The van der Waals surface area contributed by atoms with Gasteiger partial charge in [-0.15, -0.1) is 0 Å². The van der Waals surface area contributed by atoms with Crippen molar-refractivity contribution in [2.45, 2.75) is 18.9 Å². The number of hydrogen-bond acceptors (Lipinski definition) is 5. The van der Waals surface area contributed by atoms with Gasteiger partial charge in [-0.1, -0.05) is 12.1 Å². The summed E-state index contributed by atoms with van der Waals surface area (Å²) in [6.07, 6.45) is 8.42. The first-order valence-electron chi connectivity index (χ1n) is 8.29. The van der Waals surface area contributed by atoms with Gasteiger partial charge in [0.05, 0.1) is 13.7 Å². The Balaban J connectivity index is 1.56. The lowest BCUT2D eigenvalue weighted by atomic mass is 10.1. The van der Waals surface area contributed by atoms with Crippen LogP contribution in [0, 0.1) is 0 Å². The summed E-state index contributed by atoms with van der Waals surface area (Å²) < 4.78 is 10.9. The molecule has 1 atom stereocenters. The van der Waals surface area contributed by atoms with Gasteiger partial charge in [0, 0.05) is 25.0 Å². The van der Waals surface area contributed by atoms with Gasteiger partial charge in [-0.3, -0.25) is 4.79 Å². The van der Waals surface area contributed by atoms with Gasteiger partial charge >= 0.3 is 6.01 Å². The van der Waals surface area contributed by atoms with Crippen molar-refractivity contribution in [1.29, 1.82) is 0 Å². The Kier molecular flexibility index (Phi) is 5.61. The van der Waals surface area contributed by atoms with Crippen molar-refractivity contribution in [1.82, 2.24) is 14.9 Å². The van der Waals surface area contributed by atoms with Gasteiger partial charge in [0.1, 0.15) is 11.9 Å². The van der Waals surface area contributed by atoms with Crippen molar-refractivity contribution in [3.8, 4) is 11.8 Å². The van der Waals surface area contributed by atoms with Crippen molar-refractivity contribution >= 4 is 12.0 Å². The number of methoxy groups -OCH3 is 1. The Morgan fingerprint density at radius 2 is 2.00 bits per heavy atom. The van der Waals surface area contributed by atoms with E-state index in [1.54, 1.807) is 36.5 Å². The fourth-order valence-electron chi connectivity index (χ4n) is 2.72. The van der Waals surface area contributed by atoms with Crippen molar-refractivity contribution in [3.05, 3.63) is 54.4 Å². The number of nitrogens with zero attached hydrogens (tertiary/aromatic N) is 3. The molecule has 25 heavy (non-hydrogen) atoms. The maximum atomic E-state index is 12.4. The summed E-state index contributed by atoms with van der Waals surface area (Å²) in [5, 5.41) is 0. The molecule has 1 aliphatic heterocycles. The number of amides is 1. The van der Waals surface area contributed by atoms with E-state index >= 15 is 0 Å². The highest BCUT2D eigenvalue weighted by Gasteiger charge is 2.24. The van der Waals surface area contributed by atoms with Crippen molar-refractivity contribution < 1.29 is 14.3 Å². The quantitative estimate of drug-likeness (QED) is 0.784. The maximum absolute atomic E-state index is 12.4. The normalized spacial score (nSPS) is 17.5. The van der Waals surface area contributed by atoms with Crippen LogP contribution in [0.5, 0.6) is 11.8 Å². The monoisotopic (exact) mass is 339 g/mol. The molecule has 130 valence electrons. The van der Waals surface area contributed by atoms with E-state index in [1.165, 1.54) is 0 Å². The summed E-state index contributed by atoms with van der Waals surface area (Å²) in [7, 11) is 1.63. The van der Waals surface area contributed by atoms with Crippen LogP contribution in [-0.2, 0) is 4.79 Å². The highest BCUT2D eigenvalue weighted by molar-refractivity contribution is 5.91. The van der Waals surface area contributed by atoms with Gasteiger partial charge in [0.2, 0.25) is 5.91 Å². The molecular weight excluding hydrogens is 318 g/mol. The van der Waals surface area contributed by atoms with E-state index in [9.17, 15) is 4.79 Å². The van der Waals surface area contributed by atoms with Crippen molar-refractivity contribution in [2.75, 3.05) is 20.2 Å². The molecular formula is C19H21N3O3. The SMILES string of the molecule is COc1ccc(/C=C/C(=O)N2CCCC(Oc3ncccn3)C2)cc1. The molecule has 0 radical (unpaired) electrons. The van der Waals surface area contributed by atoms with Crippen LogP contribution in [-0.4, -0.2) is 47.1 Å². The standard InChI is InChI=1S/C19H21N3O3/c1-24-16-8-5-15(6-9-16)7-10-18(23)22-13-2-4-17(14-22)25-19-20-11-3-12-21-19/h3,5-12,17H,2,4,13-14H2,1H3/b10-7+. The second kappa shape index (κ2) is 8.28. The molecule has 0 saturated carbocycles. The third kappa shape index (κ3) is 4.79. The molecule has 6 heteroatoms. The molecule has 1 unspecified atom stereocenters. The highest BCUT2D eigenvalue weighted by Crippen LogP contribution is 2.16. The van der Waals surface area contributed by atoms with Crippen molar-refractivity contribution in [3.63, 3.8) is 0 Å². The van der Waals surface area contributed by atoms with Crippen LogP contribution in [0.15, 0.2) is 48.8 Å². The smallest absolute Gasteiger partial charge is 0.316 e. The number of aromatic nitrogens is 2. The lowest BCUT2D eigenvalue weighted by molar-refractivity contribution is -0.128.